The summed E-state index contributed by atoms with van der Waals surface area (Å²) in [5.74, 6) is 0.0338. The van der Waals surface area contributed by atoms with Crippen molar-refractivity contribution in [1.82, 2.24) is 9.88 Å². The minimum Gasteiger partial charge on any atom is -0.392 e. The largest absolute Gasteiger partial charge is 0.392 e. The molecule has 0 saturated heterocycles. The molecule has 1 aromatic heterocycles. The summed E-state index contributed by atoms with van der Waals surface area (Å²) < 4.78 is 0. The number of likely N-dealkylation sites (N-methyl/N-ethyl adjacent to an activating group) is 1. The number of aromatic nitrogens is 1. The highest BCUT2D eigenvalue weighted by molar-refractivity contribution is 5.76. The number of carbonyl (C=O) groups is 1. The first-order valence-corrected chi connectivity index (χ1v) is 5.41. The lowest BCUT2D eigenvalue weighted by Gasteiger charge is -2.18. The van der Waals surface area contributed by atoms with Crippen molar-refractivity contribution in [2.75, 3.05) is 13.6 Å². The number of aryl methyl sites for hydroxylation is 1. The third-order valence-corrected chi connectivity index (χ3v) is 2.28. The lowest BCUT2D eigenvalue weighted by Crippen LogP contribution is -2.33. The molecule has 88 valence electrons. The van der Waals surface area contributed by atoms with Crippen LogP contribution in [0.1, 0.15) is 19.0 Å². The van der Waals surface area contributed by atoms with Gasteiger partial charge in [0.25, 0.3) is 0 Å². The number of nitrogens with zero attached hydrogens (tertiary/aromatic N) is 2. The zero-order chi connectivity index (χ0) is 12.0. The molecule has 1 aromatic rings. The predicted molar refractivity (Wildman–Crippen MR) is 61.9 cm³/mol. The second kappa shape index (κ2) is 6.23. The van der Waals surface area contributed by atoms with Gasteiger partial charge in [0.05, 0.1) is 6.10 Å². The highest BCUT2D eigenvalue weighted by Crippen LogP contribution is 2.01. The molecule has 1 rings (SSSR count). The van der Waals surface area contributed by atoms with Crippen molar-refractivity contribution in [2.24, 2.45) is 0 Å². The number of hydrogen-bond donors (Lipinski definition) is 1. The van der Waals surface area contributed by atoms with E-state index < -0.39 is 6.10 Å². The molecule has 0 aliphatic rings. The molecule has 1 amide bonds. The predicted octanol–water partition coefficient (Wildman–Crippen LogP) is 0.853. The maximum Gasteiger partial charge on any atom is 0.222 e. The molecule has 0 spiro atoms. The molecule has 1 atom stereocenters. The fourth-order valence-corrected chi connectivity index (χ4v) is 1.47. The van der Waals surface area contributed by atoms with Gasteiger partial charge in [0.2, 0.25) is 5.91 Å². The highest BCUT2D eigenvalue weighted by atomic mass is 16.3. The molecule has 0 aromatic carbocycles. The van der Waals surface area contributed by atoms with E-state index in [1.54, 1.807) is 25.1 Å². The van der Waals surface area contributed by atoms with Crippen molar-refractivity contribution in [3.63, 3.8) is 0 Å². The van der Waals surface area contributed by atoms with Crippen LogP contribution in [0.4, 0.5) is 0 Å². The Bertz CT molecular complexity index is 325. The first-order valence-electron chi connectivity index (χ1n) is 5.41. The SMILES string of the molecule is CC(O)CN(C)C(=O)CCc1ccccn1. The van der Waals surface area contributed by atoms with E-state index in [2.05, 4.69) is 4.98 Å². The Balaban J connectivity index is 2.35. The van der Waals surface area contributed by atoms with Gasteiger partial charge in [-0.2, -0.15) is 0 Å². The van der Waals surface area contributed by atoms with Crippen LogP contribution in [0.15, 0.2) is 24.4 Å². The first kappa shape index (κ1) is 12.6. The molecule has 1 heterocycles. The van der Waals surface area contributed by atoms with Gasteiger partial charge in [-0.15, -0.1) is 0 Å². The number of carbonyl (C=O) groups excluding carboxylic acids is 1. The van der Waals surface area contributed by atoms with Crippen molar-refractivity contribution in [2.45, 2.75) is 25.9 Å². The third kappa shape index (κ3) is 4.40. The summed E-state index contributed by atoms with van der Waals surface area (Å²) in [6.07, 6.45) is 2.31. The zero-order valence-electron chi connectivity index (χ0n) is 9.76. The number of aliphatic hydroxyl groups is 1. The standard InChI is InChI=1S/C12H18N2O2/c1-10(15)9-14(2)12(16)7-6-11-5-3-4-8-13-11/h3-5,8,10,15H,6-7,9H2,1-2H3. The van der Waals surface area contributed by atoms with Gasteiger partial charge in [-0.1, -0.05) is 6.07 Å². The van der Waals surface area contributed by atoms with Crippen LogP contribution < -0.4 is 0 Å². The summed E-state index contributed by atoms with van der Waals surface area (Å²) in [6.45, 7) is 2.05. The van der Waals surface area contributed by atoms with Crippen molar-refractivity contribution in [3.8, 4) is 0 Å². The number of rotatable bonds is 5. The lowest BCUT2D eigenvalue weighted by atomic mass is 10.2. The van der Waals surface area contributed by atoms with Crippen LogP contribution in [-0.4, -0.2) is 40.6 Å². The average Bonchev–Trinajstić information content (AvgIpc) is 2.26. The monoisotopic (exact) mass is 222 g/mol. The van der Waals surface area contributed by atoms with Crippen molar-refractivity contribution in [3.05, 3.63) is 30.1 Å². The maximum atomic E-state index is 11.6. The van der Waals surface area contributed by atoms with E-state index in [0.29, 0.717) is 19.4 Å². The van der Waals surface area contributed by atoms with E-state index in [1.807, 2.05) is 18.2 Å². The van der Waals surface area contributed by atoms with Crippen molar-refractivity contribution in [1.29, 1.82) is 0 Å². The average molecular weight is 222 g/mol. The normalized spacial score (nSPS) is 12.2. The molecule has 0 aliphatic heterocycles. The number of pyridine rings is 1. The van der Waals surface area contributed by atoms with Crippen LogP contribution in [0.25, 0.3) is 0 Å². The molecular formula is C12H18N2O2. The molecule has 4 heteroatoms. The fraction of sp³-hybridized carbons (Fsp3) is 0.500. The van der Waals surface area contributed by atoms with E-state index in [4.69, 9.17) is 5.11 Å². The second-order valence-corrected chi connectivity index (χ2v) is 3.94. The van der Waals surface area contributed by atoms with E-state index in [0.717, 1.165) is 5.69 Å². The maximum absolute atomic E-state index is 11.6. The van der Waals surface area contributed by atoms with Gasteiger partial charge >= 0.3 is 0 Å². The summed E-state index contributed by atoms with van der Waals surface area (Å²) in [7, 11) is 1.70. The smallest absolute Gasteiger partial charge is 0.222 e. The summed E-state index contributed by atoms with van der Waals surface area (Å²) in [5, 5.41) is 9.15. The molecule has 0 fully saturated rings. The molecule has 0 saturated carbocycles. The van der Waals surface area contributed by atoms with Gasteiger partial charge in [0.15, 0.2) is 0 Å². The summed E-state index contributed by atoms with van der Waals surface area (Å²) in [4.78, 5) is 17.3. The van der Waals surface area contributed by atoms with E-state index in [1.165, 1.54) is 0 Å². The lowest BCUT2D eigenvalue weighted by molar-refractivity contribution is -0.131. The molecule has 0 bridgehead atoms. The summed E-state index contributed by atoms with van der Waals surface area (Å²) in [5.41, 5.74) is 0.918. The summed E-state index contributed by atoms with van der Waals surface area (Å²) >= 11 is 0. The Morgan fingerprint density at radius 3 is 2.88 bits per heavy atom. The Morgan fingerprint density at radius 1 is 1.56 bits per heavy atom. The first-order chi connectivity index (χ1) is 7.59. The second-order valence-electron chi connectivity index (χ2n) is 3.94. The van der Waals surface area contributed by atoms with Gasteiger partial charge in [0, 0.05) is 31.9 Å². The van der Waals surface area contributed by atoms with Crippen molar-refractivity contribution >= 4 is 5.91 Å². The Hall–Kier alpha value is -1.42. The van der Waals surface area contributed by atoms with Gasteiger partial charge in [0.1, 0.15) is 0 Å². The molecule has 16 heavy (non-hydrogen) atoms. The van der Waals surface area contributed by atoms with Crippen molar-refractivity contribution < 1.29 is 9.90 Å². The number of aliphatic hydroxyl groups excluding tert-OH is 1. The Morgan fingerprint density at radius 2 is 2.31 bits per heavy atom. The molecule has 0 radical (unpaired) electrons. The zero-order valence-corrected chi connectivity index (χ0v) is 9.76. The van der Waals surface area contributed by atoms with Crippen LogP contribution in [0.5, 0.6) is 0 Å². The molecule has 1 N–H and O–H groups in total. The third-order valence-electron chi connectivity index (χ3n) is 2.28. The minimum absolute atomic E-state index is 0.0338. The van der Waals surface area contributed by atoms with Crippen LogP contribution in [0.3, 0.4) is 0 Å². The van der Waals surface area contributed by atoms with Crippen LogP contribution in [-0.2, 0) is 11.2 Å². The minimum atomic E-state index is -0.483. The highest BCUT2D eigenvalue weighted by Gasteiger charge is 2.10. The van der Waals surface area contributed by atoms with Gasteiger partial charge in [-0.05, 0) is 25.5 Å². The Kier molecular flexibility index (Phi) is 4.92. The fourth-order valence-electron chi connectivity index (χ4n) is 1.47. The van der Waals surface area contributed by atoms with Gasteiger partial charge in [-0.3, -0.25) is 9.78 Å². The molecule has 1 unspecified atom stereocenters. The molecular weight excluding hydrogens is 204 g/mol. The van der Waals surface area contributed by atoms with Gasteiger partial charge < -0.3 is 10.0 Å². The number of amides is 1. The molecule has 4 nitrogen and oxygen atoms in total. The van der Waals surface area contributed by atoms with Crippen LogP contribution in [0.2, 0.25) is 0 Å². The quantitative estimate of drug-likeness (QED) is 0.803. The van der Waals surface area contributed by atoms with E-state index >= 15 is 0 Å². The van der Waals surface area contributed by atoms with E-state index in [-0.39, 0.29) is 5.91 Å². The topological polar surface area (TPSA) is 53.4 Å². The molecule has 0 aliphatic carbocycles. The van der Waals surface area contributed by atoms with Crippen LogP contribution >= 0.6 is 0 Å². The Labute approximate surface area is 95.9 Å². The van der Waals surface area contributed by atoms with Gasteiger partial charge in [-0.25, -0.2) is 0 Å². The summed E-state index contributed by atoms with van der Waals surface area (Å²) in [6, 6.07) is 5.67. The van der Waals surface area contributed by atoms with E-state index in [9.17, 15) is 4.79 Å². The van der Waals surface area contributed by atoms with Crippen LogP contribution in [0, 0.1) is 0 Å². The number of hydrogen-bond acceptors (Lipinski definition) is 3.